The van der Waals surface area contributed by atoms with Crippen molar-refractivity contribution < 1.29 is 18.8 Å². The molecule has 1 atom stereocenters. The van der Waals surface area contributed by atoms with Gasteiger partial charge in [-0.3, -0.25) is 4.79 Å². The Hall–Kier alpha value is -2.63. The number of benzene rings is 1. The van der Waals surface area contributed by atoms with Crippen LogP contribution in [-0.4, -0.2) is 41.1 Å². The topological polar surface area (TPSA) is 72.6 Å². The molecule has 6 nitrogen and oxygen atoms in total. The number of hydrogen-bond acceptors (Lipinski definition) is 5. The molecular weight excluding hydrogens is 332 g/mol. The van der Waals surface area contributed by atoms with Crippen LogP contribution in [0, 0.1) is 6.92 Å². The molecule has 0 saturated carbocycles. The highest BCUT2D eigenvalue weighted by atomic mass is 16.5. The van der Waals surface area contributed by atoms with Gasteiger partial charge in [-0.1, -0.05) is 42.4 Å². The molecular formula is C20H24N2O4. The Balaban J connectivity index is 1.69. The number of ether oxygens (including phenoxy) is 1. The fourth-order valence-electron chi connectivity index (χ4n) is 3.44. The number of hydrogen-bond donors (Lipinski definition) is 0. The zero-order valence-corrected chi connectivity index (χ0v) is 15.2. The molecule has 26 heavy (non-hydrogen) atoms. The zero-order valence-electron chi connectivity index (χ0n) is 15.2. The molecule has 1 unspecified atom stereocenters. The average Bonchev–Trinajstić information content (AvgIpc) is 3.08. The van der Waals surface area contributed by atoms with Crippen molar-refractivity contribution in [2.45, 2.75) is 45.6 Å². The van der Waals surface area contributed by atoms with Crippen LogP contribution >= 0.6 is 0 Å². The second-order valence-electron chi connectivity index (χ2n) is 6.55. The Labute approximate surface area is 153 Å². The van der Waals surface area contributed by atoms with E-state index in [-0.39, 0.29) is 24.1 Å². The van der Waals surface area contributed by atoms with Gasteiger partial charge in [-0.15, -0.1) is 0 Å². The lowest BCUT2D eigenvalue weighted by Gasteiger charge is -2.35. The van der Waals surface area contributed by atoms with Gasteiger partial charge in [0.05, 0.1) is 0 Å². The number of aromatic nitrogens is 1. The van der Waals surface area contributed by atoms with Crippen molar-refractivity contribution in [2.24, 2.45) is 0 Å². The molecule has 1 aromatic carbocycles. The number of carbonyl (C=O) groups is 2. The second-order valence-corrected chi connectivity index (χ2v) is 6.55. The van der Waals surface area contributed by atoms with Crippen molar-refractivity contribution >= 4 is 11.9 Å². The first-order valence-electron chi connectivity index (χ1n) is 9.10. The molecule has 0 radical (unpaired) electrons. The fraction of sp³-hybridized carbons (Fsp3) is 0.450. The van der Waals surface area contributed by atoms with Gasteiger partial charge in [0.15, 0.2) is 6.61 Å². The van der Waals surface area contributed by atoms with E-state index in [0.717, 1.165) is 37.8 Å². The molecule has 138 valence electrons. The standard InChI is InChI=1S/C20H24N2O4/c1-3-16-11-7-8-12-22(16)17(23)13-25-20(24)18-14(2)26-21-19(18)15-9-5-4-6-10-15/h4-6,9-10,16H,3,7-8,11-13H2,1-2H3. The van der Waals surface area contributed by atoms with E-state index in [4.69, 9.17) is 9.26 Å². The van der Waals surface area contributed by atoms with Gasteiger partial charge in [0.1, 0.15) is 17.0 Å². The van der Waals surface area contributed by atoms with Gasteiger partial charge in [0.25, 0.3) is 5.91 Å². The number of aryl methyl sites for hydroxylation is 1. The summed E-state index contributed by atoms with van der Waals surface area (Å²) in [6.07, 6.45) is 4.07. The number of piperidine rings is 1. The minimum Gasteiger partial charge on any atom is -0.452 e. The van der Waals surface area contributed by atoms with Gasteiger partial charge in [-0.05, 0) is 32.6 Å². The molecule has 0 spiro atoms. The molecule has 1 saturated heterocycles. The summed E-state index contributed by atoms with van der Waals surface area (Å²) in [4.78, 5) is 26.9. The predicted molar refractivity (Wildman–Crippen MR) is 96.6 cm³/mol. The van der Waals surface area contributed by atoms with Gasteiger partial charge in [0, 0.05) is 18.2 Å². The Kier molecular flexibility index (Phi) is 5.71. The highest BCUT2D eigenvalue weighted by Crippen LogP contribution is 2.26. The van der Waals surface area contributed by atoms with Gasteiger partial charge < -0.3 is 14.2 Å². The van der Waals surface area contributed by atoms with Gasteiger partial charge in [-0.25, -0.2) is 4.79 Å². The molecule has 6 heteroatoms. The first-order valence-corrected chi connectivity index (χ1v) is 9.10. The maximum Gasteiger partial charge on any atom is 0.344 e. The Morgan fingerprint density at radius 1 is 1.27 bits per heavy atom. The van der Waals surface area contributed by atoms with E-state index >= 15 is 0 Å². The maximum atomic E-state index is 12.6. The van der Waals surface area contributed by atoms with Crippen molar-refractivity contribution in [2.75, 3.05) is 13.2 Å². The lowest BCUT2D eigenvalue weighted by atomic mass is 10.00. The first-order chi connectivity index (χ1) is 12.6. The SMILES string of the molecule is CCC1CCCCN1C(=O)COC(=O)c1c(-c2ccccc2)noc1C. The third kappa shape index (κ3) is 3.79. The number of carbonyl (C=O) groups excluding carboxylic acids is 2. The van der Waals surface area contributed by atoms with Crippen LogP contribution in [0.15, 0.2) is 34.9 Å². The fourth-order valence-corrected chi connectivity index (χ4v) is 3.44. The smallest absolute Gasteiger partial charge is 0.344 e. The average molecular weight is 356 g/mol. The van der Waals surface area contributed by atoms with Crippen LogP contribution in [0.25, 0.3) is 11.3 Å². The molecule has 0 aliphatic carbocycles. The van der Waals surface area contributed by atoms with Crippen molar-refractivity contribution in [3.63, 3.8) is 0 Å². The highest BCUT2D eigenvalue weighted by molar-refractivity contribution is 5.98. The molecule has 1 aliphatic heterocycles. The van der Waals surface area contributed by atoms with Gasteiger partial charge >= 0.3 is 5.97 Å². The normalized spacial score (nSPS) is 17.2. The summed E-state index contributed by atoms with van der Waals surface area (Å²) in [5, 5.41) is 3.98. The summed E-state index contributed by atoms with van der Waals surface area (Å²) in [7, 11) is 0. The molecule has 0 N–H and O–H groups in total. The van der Waals surface area contributed by atoms with Gasteiger partial charge in [0.2, 0.25) is 0 Å². The van der Waals surface area contributed by atoms with Crippen LogP contribution in [0.2, 0.25) is 0 Å². The molecule has 1 aliphatic rings. The molecule has 3 rings (SSSR count). The number of amides is 1. The highest BCUT2D eigenvalue weighted by Gasteiger charge is 2.28. The molecule has 2 heterocycles. The lowest BCUT2D eigenvalue weighted by Crippen LogP contribution is -2.45. The summed E-state index contributed by atoms with van der Waals surface area (Å²) in [6, 6.07) is 9.54. The summed E-state index contributed by atoms with van der Waals surface area (Å²) < 4.78 is 10.5. The Morgan fingerprint density at radius 2 is 2.04 bits per heavy atom. The zero-order chi connectivity index (χ0) is 18.5. The van der Waals surface area contributed by atoms with E-state index in [2.05, 4.69) is 12.1 Å². The van der Waals surface area contributed by atoms with Crippen LogP contribution in [0.5, 0.6) is 0 Å². The monoisotopic (exact) mass is 356 g/mol. The predicted octanol–water partition coefficient (Wildman–Crippen LogP) is 3.60. The minimum atomic E-state index is -0.582. The van der Waals surface area contributed by atoms with Crippen molar-refractivity contribution in [3.8, 4) is 11.3 Å². The van der Waals surface area contributed by atoms with Crippen LogP contribution in [0.4, 0.5) is 0 Å². The lowest BCUT2D eigenvalue weighted by molar-refractivity contribution is -0.138. The molecule has 1 amide bonds. The molecule has 0 bridgehead atoms. The number of likely N-dealkylation sites (tertiary alicyclic amines) is 1. The van der Waals surface area contributed by atoms with E-state index in [1.807, 2.05) is 35.2 Å². The molecule has 1 fully saturated rings. The van der Waals surface area contributed by atoms with Gasteiger partial charge in [-0.2, -0.15) is 0 Å². The molecule has 2 aromatic rings. The largest absolute Gasteiger partial charge is 0.452 e. The number of esters is 1. The third-order valence-electron chi connectivity index (χ3n) is 4.86. The van der Waals surface area contributed by atoms with Crippen LogP contribution in [0.3, 0.4) is 0 Å². The summed E-state index contributed by atoms with van der Waals surface area (Å²) in [5.41, 5.74) is 1.48. The van der Waals surface area contributed by atoms with Crippen LogP contribution in [-0.2, 0) is 9.53 Å². The van der Waals surface area contributed by atoms with E-state index in [1.165, 1.54) is 0 Å². The number of rotatable bonds is 5. The summed E-state index contributed by atoms with van der Waals surface area (Å²) in [6.45, 7) is 4.22. The Morgan fingerprint density at radius 3 is 2.77 bits per heavy atom. The maximum absolute atomic E-state index is 12.6. The quantitative estimate of drug-likeness (QED) is 0.766. The second kappa shape index (κ2) is 8.17. The van der Waals surface area contributed by atoms with E-state index in [1.54, 1.807) is 6.92 Å². The number of nitrogens with zero attached hydrogens (tertiary/aromatic N) is 2. The van der Waals surface area contributed by atoms with E-state index in [9.17, 15) is 9.59 Å². The van der Waals surface area contributed by atoms with Crippen LogP contribution in [0.1, 0.15) is 48.7 Å². The van der Waals surface area contributed by atoms with Crippen LogP contribution < -0.4 is 0 Å². The van der Waals surface area contributed by atoms with Crippen molar-refractivity contribution in [1.29, 1.82) is 0 Å². The third-order valence-corrected chi connectivity index (χ3v) is 4.86. The summed E-state index contributed by atoms with van der Waals surface area (Å²) >= 11 is 0. The van der Waals surface area contributed by atoms with Crippen molar-refractivity contribution in [3.05, 3.63) is 41.7 Å². The van der Waals surface area contributed by atoms with Crippen molar-refractivity contribution in [1.82, 2.24) is 10.1 Å². The van der Waals surface area contributed by atoms with E-state index < -0.39 is 5.97 Å². The Bertz CT molecular complexity index is 769. The minimum absolute atomic E-state index is 0.139. The van der Waals surface area contributed by atoms with E-state index in [0.29, 0.717) is 11.5 Å². The first kappa shape index (κ1) is 18.2. The molecule has 1 aromatic heterocycles. The summed E-state index contributed by atoms with van der Waals surface area (Å²) in [5.74, 6) is -0.341.